The Morgan fingerprint density at radius 3 is 1.94 bits per heavy atom. The van der Waals surface area contributed by atoms with E-state index in [9.17, 15) is 14.0 Å². The number of imide groups is 1. The molecule has 2 amide bonds. The van der Waals surface area contributed by atoms with Gasteiger partial charge in [0.25, 0.3) is 11.8 Å². The monoisotopic (exact) mass is 446 g/mol. The SMILES string of the molecule is CCOc1ccc(NC2=C(c3ccc(OCC)cc3)C(=O)N(c3ccccc3F)C2=O)cc1. The molecule has 1 aliphatic rings. The lowest BCUT2D eigenvalue weighted by atomic mass is 10.0. The molecule has 0 saturated carbocycles. The molecular formula is C26H23FN2O4. The molecule has 3 aromatic rings. The number of para-hydroxylation sites is 1. The van der Waals surface area contributed by atoms with Gasteiger partial charge in [0.05, 0.1) is 24.5 Å². The summed E-state index contributed by atoms with van der Waals surface area (Å²) in [7, 11) is 0. The number of nitrogens with zero attached hydrogens (tertiary/aromatic N) is 1. The number of carbonyl (C=O) groups excluding carboxylic acids is 2. The Morgan fingerprint density at radius 1 is 0.788 bits per heavy atom. The number of rotatable bonds is 8. The van der Waals surface area contributed by atoms with E-state index in [4.69, 9.17) is 9.47 Å². The van der Waals surface area contributed by atoms with Crippen molar-refractivity contribution in [3.05, 3.63) is 89.9 Å². The average molecular weight is 446 g/mol. The van der Waals surface area contributed by atoms with Crippen LogP contribution in [-0.2, 0) is 9.59 Å². The third-order valence-electron chi connectivity index (χ3n) is 5.07. The number of hydrogen-bond acceptors (Lipinski definition) is 5. The first-order chi connectivity index (χ1) is 16.0. The van der Waals surface area contributed by atoms with E-state index in [1.807, 2.05) is 13.8 Å². The van der Waals surface area contributed by atoms with Gasteiger partial charge in [0.1, 0.15) is 23.0 Å². The van der Waals surface area contributed by atoms with E-state index in [1.165, 1.54) is 18.2 Å². The second kappa shape index (κ2) is 9.56. The number of ether oxygens (including phenoxy) is 2. The first-order valence-electron chi connectivity index (χ1n) is 10.6. The largest absolute Gasteiger partial charge is 0.494 e. The predicted octanol–water partition coefficient (Wildman–Crippen LogP) is 5.02. The minimum Gasteiger partial charge on any atom is -0.494 e. The van der Waals surface area contributed by atoms with E-state index >= 15 is 0 Å². The van der Waals surface area contributed by atoms with Crippen LogP contribution in [-0.4, -0.2) is 25.0 Å². The Balaban J connectivity index is 1.76. The summed E-state index contributed by atoms with van der Waals surface area (Å²) in [5, 5.41) is 3.06. The van der Waals surface area contributed by atoms with E-state index in [2.05, 4.69) is 5.32 Å². The van der Waals surface area contributed by atoms with Crippen molar-refractivity contribution in [1.82, 2.24) is 0 Å². The number of nitrogens with one attached hydrogen (secondary N) is 1. The van der Waals surface area contributed by atoms with Crippen molar-refractivity contribution in [1.29, 1.82) is 0 Å². The number of amides is 2. The minimum absolute atomic E-state index is 0.0663. The summed E-state index contributed by atoms with van der Waals surface area (Å²) in [5.74, 6) is -0.575. The van der Waals surface area contributed by atoms with Gasteiger partial charge in [0.15, 0.2) is 0 Å². The number of halogens is 1. The number of hydrogen-bond donors (Lipinski definition) is 1. The van der Waals surface area contributed by atoms with Crippen LogP contribution < -0.4 is 19.7 Å². The van der Waals surface area contributed by atoms with Crippen molar-refractivity contribution < 1.29 is 23.5 Å². The van der Waals surface area contributed by atoms with Crippen LogP contribution in [0, 0.1) is 5.82 Å². The van der Waals surface area contributed by atoms with Gasteiger partial charge in [-0.2, -0.15) is 0 Å². The van der Waals surface area contributed by atoms with Gasteiger partial charge in [0, 0.05) is 5.69 Å². The highest BCUT2D eigenvalue weighted by atomic mass is 19.1. The van der Waals surface area contributed by atoms with Crippen molar-refractivity contribution in [3.8, 4) is 11.5 Å². The van der Waals surface area contributed by atoms with Crippen molar-refractivity contribution >= 4 is 28.8 Å². The minimum atomic E-state index is -0.660. The Labute approximate surface area is 191 Å². The van der Waals surface area contributed by atoms with Crippen molar-refractivity contribution in [2.45, 2.75) is 13.8 Å². The third-order valence-corrected chi connectivity index (χ3v) is 5.07. The number of benzene rings is 3. The molecule has 0 atom stereocenters. The van der Waals surface area contributed by atoms with Gasteiger partial charge in [-0.3, -0.25) is 9.59 Å². The van der Waals surface area contributed by atoms with Crippen LogP contribution in [0.15, 0.2) is 78.5 Å². The van der Waals surface area contributed by atoms with E-state index < -0.39 is 17.6 Å². The highest BCUT2D eigenvalue weighted by molar-refractivity contribution is 6.46. The molecular weight excluding hydrogens is 423 g/mol. The maximum absolute atomic E-state index is 14.5. The molecule has 6 nitrogen and oxygen atoms in total. The Kier molecular flexibility index (Phi) is 6.40. The third kappa shape index (κ3) is 4.43. The van der Waals surface area contributed by atoms with Gasteiger partial charge >= 0.3 is 0 Å². The quantitative estimate of drug-likeness (QED) is 0.492. The van der Waals surface area contributed by atoms with Crippen LogP contribution >= 0.6 is 0 Å². The summed E-state index contributed by atoms with van der Waals surface area (Å²) in [6.07, 6.45) is 0. The molecule has 0 bridgehead atoms. The van der Waals surface area contributed by atoms with Gasteiger partial charge < -0.3 is 14.8 Å². The van der Waals surface area contributed by atoms with Crippen LogP contribution in [0.25, 0.3) is 5.57 Å². The normalized spacial score (nSPS) is 13.5. The summed E-state index contributed by atoms with van der Waals surface area (Å²) >= 11 is 0. The standard InChI is InChI=1S/C26H23FN2O4/c1-3-32-19-13-9-17(10-14-19)23-24(28-18-11-15-20(16-12-18)33-4-2)26(31)29(25(23)30)22-8-6-5-7-21(22)27/h5-16,28H,3-4H2,1-2H3. The van der Waals surface area contributed by atoms with Crippen LogP contribution in [0.1, 0.15) is 19.4 Å². The lowest BCUT2D eigenvalue weighted by Crippen LogP contribution is -2.33. The predicted molar refractivity (Wildman–Crippen MR) is 125 cm³/mol. The molecule has 0 spiro atoms. The van der Waals surface area contributed by atoms with E-state index in [-0.39, 0.29) is 17.0 Å². The van der Waals surface area contributed by atoms with Crippen molar-refractivity contribution in [3.63, 3.8) is 0 Å². The van der Waals surface area contributed by atoms with Crippen LogP contribution in [0.3, 0.4) is 0 Å². The molecule has 0 saturated heterocycles. The molecule has 4 rings (SSSR count). The van der Waals surface area contributed by atoms with E-state index in [0.717, 1.165) is 4.90 Å². The van der Waals surface area contributed by atoms with Crippen molar-refractivity contribution in [2.75, 3.05) is 23.4 Å². The molecule has 0 fully saturated rings. The molecule has 1 heterocycles. The zero-order valence-corrected chi connectivity index (χ0v) is 18.3. The maximum Gasteiger partial charge on any atom is 0.282 e. The first kappa shape index (κ1) is 22.1. The summed E-state index contributed by atoms with van der Waals surface area (Å²) in [6, 6.07) is 19.6. The lowest BCUT2D eigenvalue weighted by molar-refractivity contribution is -0.120. The van der Waals surface area contributed by atoms with E-state index in [0.29, 0.717) is 36.0 Å². The number of anilines is 2. The molecule has 1 aliphatic heterocycles. The van der Waals surface area contributed by atoms with Crippen molar-refractivity contribution in [2.24, 2.45) is 0 Å². The molecule has 0 aromatic heterocycles. The summed E-state index contributed by atoms with van der Waals surface area (Å²) in [4.78, 5) is 27.6. The van der Waals surface area contributed by atoms with Gasteiger partial charge in [0.2, 0.25) is 0 Å². The molecule has 7 heteroatoms. The molecule has 168 valence electrons. The van der Waals surface area contributed by atoms with Crippen LogP contribution in [0.4, 0.5) is 15.8 Å². The smallest absolute Gasteiger partial charge is 0.282 e. The second-order valence-corrected chi connectivity index (χ2v) is 7.19. The van der Waals surface area contributed by atoms with E-state index in [1.54, 1.807) is 54.6 Å². The van der Waals surface area contributed by atoms with Gasteiger partial charge in [-0.15, -0.1) is 0 Å². The fraction of sp³-hybridized carbons (Fsp3) is 0.154. The molecule has 1 N–H and O–H groups in total. The number of carbonyl (C=O) groups is 2. The second-order valence-electron chi connectivity index (χ2n) is 7.19. The summed E-state index contributed by atoms with van der Waals surface area (Å²) in [6.45, 7) is 4.80. The first-order valence-corrected chi connectivity index (χ1v) is 10.6. The topological polar surface area (TPSA) is 67.9 Å². The molecule has 33 heavy (non-hydrogen) atoms. The highest BCUT2D eigenvalue weighted by Crippen LogP contribution is 2.35. The molecule has 3 aromatic carbocycles. The summed E-state index contributed by atoms with van der Waals surface area (Å²) < 4.78 is 25.4. The Morgan fingerprint density at radius 2 is 1.36 bits per heavy atom. The zero-order valence-electron chi connectivity index (χ0n) is 18.3. The van der Waals surface area contributed by atoms with Gasteiger partial charge in [-0.1, -0.05) is 24.3 Å². The highest BCUT2D eigenvalue weighted by Gasteiger charge is 2.41. The molecule has 0 radical (unpaired) electrons. The zero-order chi connectivity index (χ0) is 23.4. The molecule has 0 unspecified atom stereocenters. The average Bonchev–Trinajstić information content (AvgIpc) is 3.06. The van der Waals surface area contributed by atoms with Crippen LogP contribution in [0.2, 0.25) is 0 Å². The lowest BCUT2D eigenvalue weighted by Gasteiger charge is -2.16. The molecule has 0 aliphatic carbocycles. The Hall–Kier alpha value is -4.13. The maximum atomic E-state index is 14.5. The fourth-order valence-electron chi connectivity index (χ4n) is 3.60. The van der Waals surface area contributed by atoms with Crippen LogP contribution in [0.5, 0.6) is 11.5 Å². The van der Waals surface area contributed by atoms with Gasteiger partial charge in [-0.25, -0.2) is 9.29 Å². The Bertz CT molecular complexity index is 1200. The summed E-state index contributed by atoms with van der Waals surface area (Å²) in [5.41, 5.74) is 1.23. The van der Waals surface area contributed by atoms with Gasteiger partial charge in [-0.05, 0) is 67.9 Å². The fourth-order valence-corrected chi connectivity index (χ4v) is 3.60.